The molecule has 164 valence electrons. The van der Waals surface area contributed by atoms with Crippen molar-refractivity contribution in [3.05, 3.63) is 70.0 Å². The lowest BCUT2D eigenvalue weighted by atomic mass is 10.1. The van der Waals surface area contributed by atoms with E-state index in [4.69, 9.17) is 11.6 Å². The van der Waals surface area contributed by atoms with Crippen LogP contribution >= 0.6 is 23.4 Å². The Kier molecular flexibility index (Phi) is 8.55. The average Bonchev–Trinajstić information content (AvgIpc) is 3.16. The van der Waals surface area contributed by atoms with Crippen molar-refractivity contribution in [2.75, 3.05) is 0 Å². The van der Waals surface area contributed by atoms with E-state index in [0.29, 0.717) is 23.8 Å². The highest BCUT2D eigenvalue weighted by Gasteiger charge is 2.17. The predicted octanol–water partition coefficient (Wildman–Crippen LogP) is 6.03. The molecule has 0 bridgehead atoms. The fraction of sp³-hybridized carbons (Fsp3) is 0.375. The van der Waals surface area contributed by atoms with Gasteiger partial charge in [-0.15, -0.1) is 10.2 Å². The number of thioether (sulfide) groups is 1. The average molecular weight is 457 g/mol. The first kappa shape index (κ1) is 23.4. The zero-order valence-corrected chi connectivity index (χ0v) is 19.9. The van der Waals surface area contributed by atoms with E-state index in [1.165, 1.54) is 11.1 Å². The van der Waals surface area contributed by atoms with Gasteiger partial charge in [-0.2, -0.15) is 0 Å². The summed E-state index contributed by atoms with van der Waals surface area (Å²) in [6.07, 6.45) is 3.59. The van der Waals surface area contributed by atoms with E-state index in [1.807, 2.05) is 41.8 Å². The van der Waals surface area contributed by atoms with Gasteiger partial charge in [0.2, 0.25) is 5.91 Å². The molecule has 1 N–H and O–H groups in total. The van der Waals surface area contributed by atoms with Gasteiger partial charge in [0, 0.05) is 17.2 Å². The summed E-state index contributed by atoms with van der Waals surface area (Å²) in [6.45, 7) is 6.61. The van der Waals surface area contributed by atoms with E-state index >= 15 is 0 Å². The van der Waals surface area contributed by atoms with E-state index in [2.05, 4.69) is 41.5 Å². The molecule has 0 aliphatic heterocycles. The fourth-order valence-electron chi connectivity index (χ4n) is 3.29. The first-order valence-corrected chi connectivity index (χ1v) is 12.0. The van der Waals surface area contributed by atoms with Crippen LogP contribution in [-0.2, 0) is 17.1 Å². The molecule has 1 aromatic heterocycles. The predicted molar refractivity (Wildman–Crippen MR) is 128 cm³/mol. The van der Waals surface area contributed by atoms with Gasteiger partial charge < -0.3 is 5.32 Å². The Morgan fingerprint density at radius 3 is 2.68 bits per heavy atom. The topological polar surface area (TPSA) is 59.8 Å². The van der Waals surface area contributed by atoms with Crippen molar-refractivity contribution < 1.29 is 4.79 Å². The minimum atomic E-state index is 0.0416. The first-order valence-electron chi connectivity index (χ1n) is 10.6. The molecular weight excluding hydrogens is 428 g/mol. The fourth-order valence-corrected chi connectivity index (χ4v) is 4.50. The molecular formula is C24H29ClN4OS. The molecule has 1 heterocycles. The van der Waals surface area contributed by atoms with Crippen molar-refractivity contribution in [3.8, 4) is 5.69 Å². The number of aryl methyl sites for hydroxylation is 2. The van der Waals surface area contributed by atoms with Gasteiger partial charge in [-0.3, -0.25) is 9.36 Å². The SMILES string of the molecule is CCCCCC(=O)NCc1nnc(SCc2ccccc2C)n1-c1cc(Cl)ccc1C. The van der Waals surface area contributed by atoms with Gasteiger partial charge in [-0.25, -0.2) is 0 Å². The summed E-state index contributed by atoms with van der Waals surface area (Å²) in [5.41, 5.74) is 4.51. The van der Waals surface area contributed by atoms with Crippen LogP contribution in [0.3, 0.4) is 0 Å². The highest BCUT2D eigenvalue weighted by atomic mass is 35.5. The molecule has 0 unspecified atom stereocenters. The second kappa shape index (κ2) is 11.3. The van der Waals surface area contributed by atoms with E-state index < -0.39 is 0 Å². The number of carbonyl (C=O) groups is 1. The lowest BCUT2D eigenvalue weighted by Gasteiger charge is -2.14. The van der Waals surface area contributed by atoms with Crippen molar-refractivity contribution in [3.63, 3.8) is 0 Å². The molecule has 0 spiro atoms. The summed E-state index contributed by atoms with van der Waals surface area (Å²) in [6, 6.07) is 14.1. The second-order valence-corrected chi connectivity index (χ2v) is 8.99. The minimum absolute atomic E-state index is 0.0416. The number of rotatable bonds is 10. The Morgan fingerprint density at radius 1 is 1.10 bits per heavy atom. The largest absolute Gasteiger partial charge is 0.349 e. The summed E-state index contributed by atoms with van der Waals surface area (Å²) < 4.78 is 2.01. The molecule has 3 aromatic rings. The Balaban J connectivity index is 1.84. The molecule has 0 atom stereocenters. The van der Waals surface area contributed by atoms with Gasteiger partial charge in [0.1, 0.15) is 0 Å². The number of hydrogen-bond donors (Lipinski definition) is 1. The first-order chi connectivity index (χ1) is 15.0. The molecule has 7 heteroatoms. The Morgan fingerprint density at radius 2 is 1.90 bits per heavy atom. The van der Waals surface area contributed by atoms with E-state index in [-0.39, 0.29) is 5.91 Å². The van der Waals surface area contributed by atoms with Crippen LogP contribution < -0.4 is 5.32 Å². The summed E-state index contributed by atoms with van der Waals surface area (Å²) in [7, 11) is 0. The van der Waals surface area contributed by atoms with Crippen molar-refractivity contribution in [2.45, 2.75) is 63.9 Å². The molecule has 0 aliphatic rings. The molecule has 0 radical (unpaired) electrons. The van der Waals surface area contributed by atoms with Gasteiger partial charge in [-0.1, -0.05) is 73.5 Å². The monoisotopic (exact) mass is 456 g/mol. The quantitative estimate of drug-likeness (QED) is 0.299. The number of halogens is 1. The molecule has 5 nitrogen and oxygen atoms in total. The third kappa shape index (κ3) is 6.34. The summed E-state index contributed by atoms with van der Waals surface area (Å²) >= 11 is 7.93. The van der Waals surface area contributed by atoms with Crippen molar-refractivity contribution in [1.29, 1.82) is 0 Å². The smallest absolute Gasteiger partial charge is 0.220 e. The van der Waals surface area contributed by atoms with Gasteiger partial charge in [0.05, 0.1) is 12.2 Å². The highest BCUT2D eigenvalue weighted by Crippen LogP contribution is 2.29. The normalized spacial score (nSPS) is 11.0. The van der Waals surface area contributed by atoms with Crippen molar-refractivity contribution >= 4 is 29.3 Å². The van der Waals surface area contributed by atoms with Crippen LogP contribution in [-0.4, -0.2) is 20.7 Å². The van der Waals surface area contributed by atoms with Crippen LogP contribution in [0.5, 0.6) is 0 Å². The molecule has 2 aromatic carbocycles. The van der Waals surface area contributed by atoms with Crippen LogP contribution in [0, 0.1) is 13.8 Å². The number of benzene rings is 2. The van der Waals surface area contributed by atoms with Crippen molar-refractivity contribution in [1.82, 2.24) is 20.1 Å². The Hall–Kier alpha value is -2.31. The molecule has 0 saturated carbocycles. The van der Waals surface area contributed by atoms with Crippen LogP contribution in [0.15, 0.2) is 47.6 Å². The number of nitrogens with zero attached hydrogens (tertiary/aromatic N) is 3. The highest BCUT2D eigenvalue weighted by molar-refractivity contribution is 7.98. The number of hydrogen-bond acceptors (Lipinski definition) is 4. The number of nitrogens with one attached hydrogen (secondary N) is 1. The van der Waals surface area contributed by atoms with Crippen LogP contribution in [0.1, 0.15) is 55.1 Å². The molecule has 0 fully saturated rings. The Bertz CT molecular complexity index is 1030. The molecule has 0 aliphatic carbocycles. The Labute approximate surface area is 193 Å². The van der Waals surface area contributed by atoms with Gasteiger partial charge in [-0.05, 0) is 49.1 Å². The van der Waals surface area contributed by atoms with Crippen molar-refractivity contribution in [2.24, 2.45) is 0 Å². The van der Waals surface area contributed by atoms with Gasteiger partial charge >= 0.3 is 0 Å². The number of carbonyl (C=O) groups excluding carboxylic acids is 1. The van der Waals surface area contributed by atoms with Crippen LogP contribution in [0.25, 0.3) is 5.69 Å². The lowest BCUT2D eigenvalue weighted by molar-refractivity contribution is -0.121. The zero-order chi connectivity index (χ0) is 22.2. The molecule has 1 amide bonds. The standard InChI is InChI=1S/C24H29ClN4OS/c1-4-5-6-11-23(30)26-15-22-27-28-24(31-16-19-10-8-7-9-17(19)2)29(22)21-14-20(25)13-12-18(21)3/h7-10,12-14H,4-6,11,15-16H2,1-3H3,(H,26,30). The number of amides is 1. The summed E-state index contributed by atoms with van der Waals surface area (Å²) in [5.74, 6) is 1.52. The maximum absolute atomic E-state index is 12.2. The van der Waals surface area contributed by atoms with E-state index in [9.17, 15) is 4.79 Å². The molecule has 31 heavy (non-hydrogen) atoms. The third-order valence-corrected chi connectivity index (χ3v) is 6.39. The van der Waals surface area contributed by atoms with Crippen LogP contribution in [0.2, 0.25) is 5.02 Å². The second-order valence-electron chi connectivity index (χ2n) is 7.61. The zero-order valence-electron chi connectivity index (χ0n) is 18.3. The third-order valence-electron chi connectivity index (χ3n) is 5.18. The lowest BCUT2D eigenvalue weighted by Crippen LogP contribution is -2.24. The summed E-state index contributed by atoms with van der Waals surface area (Å²) in [4.78, 5) is 12.2. The van der Waals surface area contributed by atoms with E-state index in [1.54, 1.807) is 11.8 Å². The van der Waals surface area contributed by atoms with Gasteiger partial charge in [0.25, 0.3) is 0 Å². The number of aromatic nitrogens is 3. The molecule has 0 saturated heterocycles. The maximum Gasteiger partial charge on any atom is 0.220 e. The number of unbranched alkanes of at least 4 members (excludes halogenated alkanes) is 2. The maximum atomic E-state index is 12.2. The minimum Gasteiger partial charge on any atom is -0.349 e. The van der Waals surface area contributed by atoms with Crippen LogP contribution in [0.4, 0.5) is 0 Å². The summed E-state index contributed by atoms with van der Waals surface area (Å²) in [5, 5.41) is 13.3. The van der Waals surface area contributed by atoms with Gasteiger partial charge in [0.15, 0.2) is 11.0 Å². The van der Waals surface area contributed by atoms with E-state index in [0.717, 1.165) is 41.4 Å². The molecule has 3 rings (SSSR count).